The summed E-state index contributed by atoms with van der Waals surface area (Å²) in [6.45, 7) is 5.24. The van der Waals surface area contributed by atoms with E-state index < -0.39 is 0 Å². The van der Waals surface area contributed by atoms with Crippen LogP contribution >= 0.6 is 0 Å². The average molecular weight is 270 g/mol. The zero-order valence-corrected chi connectivity index (χ0v) is 12.3. The van der Waals surface area contributed by atoms with Gasteiger partial charge in [0, 0.05) is 25.2 Å². The number of hydrogen-bond acceptors (Lipinski definition) is 3. The van der Waals surface area contributed by atoms with Gasteiger partial charge in [-0.2, -0.15) is 5.10 Å². The summed E-state index contributed by atoms with van der Waals surface area (Å²) in [5.74, 6) is 1.26. The van der Waals surface area contributed by atoms with Gasteiger partial charge in [0.05, 0.1) is 11.4 Å². The molecule has 1 saturated heterocycles. The van der Waals surface area contributed by atoms with Crippen molar-refractivity contribution in [2.24, 2.45) is 0 Å². The first-order valence-corrected chi connectivity index (χ1v) is 7.34. The maximum Gasteiger partial charge on any atom is 0.137 e. The molecule has 0 unspecified atom stereocenters. The van der Waals surface area contributed by atoms with Crippen LogP contribution in [0, 0.1) is 6.92 Å². The first kappa shape index (κ1) is 13.2. The molecule has 0 aliphatic carbocycles. The molecule has 0 bridgehead atoms. The normalized spacial score (nSPS) is 15.0. The van der Waals surface area contributed by atoms with Crippen molar-refractivity contribution in [2.45, 2.75) is 26.3 Å². The second-order valence-electron chi connectivity index (χ2n) is 5.36. The number of aromatic nitrogens is 2. The van der Waals surface area contributed by atoms with Gasteiger partial charge in [0.25, 0.3) is 0 Å². The molecule has 1 aliphatic heterocycles. The average Bonchev–Trinajstić information content (AvgIpc) is 3.09. The Hall–Kier alpha value is -1.81. The van der Waals surface area contributed by atoms with Crippen molar-refractivity contribution in [3.63, 3.8) is 0 Å². The van der Waals surface area contributed by atoms with Crippen molar-refractivity contribution in [1.82, 2.24) is 15.1 Å². The van der Waals surface area contributed by atoms with Crippen molar-refractivity contribution in [3.8, 4) is 5.69 Å². The van der Waals surface area contributed by atoms with Gasteiger partial charge in [0.2, 0.25) is 0 Å². The number of aryl methyl sites for hydroxylation is 1. The highest BCUT2D eigenvalue weighted by molar-refractivity contribution is 5.55. The quantitative estimate of drug-likeness (QED) is 0.926. The van der Waals surface area contributed by atoms with Gasteiger partial charge in [0.15, 0.2) is 0 Å². The number of anilines is 1. The molecule has 20 heavy (non-hydrogen) atoms. The van der Waals surface area contributed by atoms with E-state index in [4.69, 9.17) is 5.10 Å². The molecule has 0 spiro atoms. The Morgan fingerprint density at radius 1 is 1.15 bits per heavy atom. The SMILES string of the molecule is CNCc1c(C)nn(-c2ccccc2)c1N1CCCC1. The summed E-state index contributed by atoms with van der Waals surface area (Å²) in [5, 5.41) is 8.05. The number of nitrogens with one attached hydrogen (secondary N) is 1. The van der Waals surface area contributed by atoms with Crippen LogP contribution < -0.4 is 10.2 Å². The third-order valence-electron chi connectivity index (χ3n) is 3.92. The van der Waals surface area contributed by atoms with Crippen molar-refractivity contribution in [1.29, 1.82) is 0 Å². The zero-order chi connectivity index (χ0) is 13.9. The molecular weight excluding hydrogens is 248 g/mol. The monoisotopic (exact) mass is 270 g/mol. The zero-order valence-electron chi connectivity index (χ0n) is 12.3. The molecule has 2 aromatic rings. The van der Waals surface area contributed by atoms with Crippen LogP contribution in [0.4, 0.5) is 5.82 Å². The lowest BCUT2D eigenvalue weighted by molar-refractivity contribution is 0.792. The van der Waals surface area contributed by atoms with Gasteiger partial charge in [-0.05, 0) is 38.9 Å². The van der Waals surface area contributed by atoms with Crippen LogP contribution in [0.15, 0.2) is 30.3 Å². The van der Waals surface area contributed by atoms with E-state index in [-0.39, 0.29) is 0 Å². The molecule has 1 N–H and O–H groups in total. The van der Waals surface area contributed by atoms with Crippen molar-refractivity contribution >= 4 is 5.82 Å². The Bertz CT molecular complexity index is 568. The summed E-state index contributed by atoms with van der Waals surface area (Å²) in [6.07, 6.45) is 2.55. The summed E-state index contributed by atoms with van der Waals surface area (Å²) in [6, 6.07) is 10.4. The van der Waals surface area contributed by atoms with Gasteiger partial charge in [-0.25, -0.2) is 4.68 Å². The Morgan fingerprint density at radius 3 is 2.50 bits per heavy atom. The fourth-order valence-electron chi connectivity index (χ4n) is 2.93. The topological polar surface area (TPSA) is 33.1 Å². The maximum atomic E-state index is 4.78. The van der Waals surface area contributed by atoms with E-state index in [1.165, 1.54) is 24.2 Å². The Kier molecular flexibility index (Phi) is 3.74. The number of rotatable bonds is 4. The van der Waals surface area contributed by atoms with Crippen LogP contribution in [0.1, 0.15) is 24.1 Å². The molecule has 0 amide bonds. The molecule has 2 heterocycles. The van der Waals surface area contributed by atoms with Crippen molar-refractivity contribution in [3.05, 3.63) is 41.6 Å². The molecule has 4 nitrogen and oxygen atoms in total. The largest absolute Gasteiger partial charge is 0.356 e. The van der Waals surface area contributed by atoms with Crippen LogP contribution in [-0.4, -0.2) is 29.9 Å². The van der Waals surface area contributed by atoms with E-state index in [0.717, 1.165) is 31.0 Å². The first-order valence-electron chi connectivity index (χ1n) is 7.34. The fourth-order valence-corrected chi connectivity index (χ4v) is 2.93. The van der Waals surface area contributed by atoms with Gasteiger partial charge >= 0.3 is 0 Å². The molecule has 0 radical (unpaired) electrons. The maximum absolute atomic E-state index is 4.78. The summed E-state index contributed by atoms with van der Waals surface area (Å²) in [4.78, 5) is 2.47. The van der Waals surface area contributed by atoms with E-state index >= 15 is 0 Å². The molecule has 1 aromatic heterocycles. The van der Waals surface area contributed by atoms with Gasteiger partial charge in [-0.3, -0.25) is 0 Å². The van der Waals surface area contributed by atoms with Gasteiger partial charge < -0.3 is 10.2 Å². The van der Waals surface area contributed by atoms with E-state index in [2.05, 4.69) is 46.1 Å². The van der Waals surface area contributed by atoms with Crippen LogP contribution in [0.2, 0.25) is 0 Å². The van der Waals surface area contributed by atoms with E-state index in [0.29, 0.717) is 0 Å². The predicted molar refractivity (Wildman–Crippen MR) is 82.5 cm³/mol. The van der Waals surface area contributed by atoms with Gasteiger partial charge in [0.1, 0.15) is 5.82 Å². The van der Waals surface area contributed by atoms with Crippen molar-refractivity contribution in [2.75, 3.05) is 25.0 Å². The number of benzene rings is 1. The van der Waals surface area contributed by atoms with Crippen LogP contribution in [-0.2, 0) is 6.54 Å². The van der Waals surface area contributed by atoms with Gasteiger partial charge in [-0.1, -0.05) is 18.2 Å². The fraction of sp³-hybridized carbons (Fsp3) is 0.438. The van der Waals surface area contributed by atoms with Crippen LogP contribution in [0.3, 0.4) is 0 Å². The minimum absolute atomic E-state index is 0.866. The van der Waals surface area contributed by atoms with Crippen molar-refractivity contribution < 1.29 is 0 Å². The Balaban J connectivity index is 2.11. The second-order valence-corrected chi connectivity index (χ2v) is 5.36. The smallest absolute Gasteiger partial charge is 0.137 e. The Morgan fingerprint density at radius 2 is 1.85 bits per heavy atom. The first-order chi connectivity index (χ1) is 9.81. The number of hydrogen-bond donors (Lipinski definition) is 1. The highest BCUT2D eigenvalue weighted by Gasteiger charge is 2.23. The molecule has 1 fully saturated rings. The number of para-hydroxylation sites is 1. The third kappa shape index (κ3) is 2.31. The number of nitrogens with zero attached hydrogens (tertiary/aromatic N) is 3. The van der Waals surface area contributed by atoms with Gasteiger partial charge in [-0.15, -0.1) is 0 Å². The van der Waals surface area contributed by atoms with Crippen LogP contribution in [0.5, 0.6) is 0 Å². The molecular formula is C16H22N4. The summed E-state index contributed by atoms with van der Waals surface area (Å²) >= 11 is 0. The predicted octanol–water partition coefficient (Wildman–Crippen LogP) is 2.50. The van der Waals surface area contributed by atoms with E-state index in [1.807, 2.05) is 13.1 Å². The highest BCUT2D eigenvalue weighted by atomic mass is 15.4. The lowest BCUT2D eigenvalue weighted by atomic mass is 10.2. The molecule has 3 rings (SSSR count). The second kappa shape index (κ2) is 5.67. The third-order valence-corrected chi connectivity index (χ3v) is 3.92. The van der Waals surface area contributed by atoms with E-state index in [1.54, 1.807) is 0 Å². The lowest BCUT2D eigenvalue weighted by Gasteiger charge is -2.21. The minimum atomic E-state index is 0.866. The molecule has 0 atom stereocenters. The minimum Gasteiger partial charge on any atom is -0.356 e. The molecule has 0 saturated carbocycles. The molecule has 4 heteroatoms. The molecule has 1 aliphatic rings. The van der Waals surface area contributed by atoms with E-state index in [9.17, 15) is 0 Å². The lowest BCUT2D eigenvalue weighted by Crippen LogP contribution is -2.23. The van der Waals surface area contributed by atoms with Crippen LogP contribution in [0.25, 0.3) is 5.69 Å². The summed E-state index contributed by atoms with van der Waals surface area (Å²) in [7, 11) is 1.99. The Labute approximate surface area is 120 Å². The molecule has 106 valence electrons. The highest BCUT2D eigenvalue weighted by Crippen LogP contribution is 2.29. The summed E-state index contributed by atoms with van der Waals surface area (Å²) < 4.78 is 2.10. The molecule has 1 aromatic carbocycles. The summed E-state index contributed by atoms with van der Waals surface area (Å²) in [5.41, 5.74) is 3.57. The standard InChI is InChI=1S/C16H22N4/c1-13-15(12-17-2)16(19-10-6-7-11-19)20(18-13)14-8-4-3-5-9-14/h3-5,8-9,17H,6-7,10-12H2,1-2H3.